The lowest BCUT2D eigenvalue weighted by atomic mass is 10.1. The molecule has 0 spiro atoms. The van der Waals surface area contributed by atoms with Gasteiger partial charge in [0, 0.05) is 18.4 Å². The number of carbonyl (C=O) groups excluding carboxylic acids is 1. The normalized spacial score (nSPS) is 17.5. The number of para-hydroxylation sites is 1. The van der Waals surface area contributed by atoms with Crippen LogP contribution in [0, 0.1) is 0 Å². The van der Waals surface area contributed by atoms with Crippen molar-refractivity contribution in [2.75, 3.05) is 12.8 Å². The number of aromatic nitrogens is 1. The number of rotatable bonds is 4. The van der Waals surface area contributed by atoms with Crippen LogP contribution < -0.4 is 0 Å². The van der Waals surface area contributed by atoms with Crippen molar-refractivity contribution in [3.8, 4) is 0 Å². The summed E-state index contributed by atoms with van der Waals surface area (Å²) in [5, 5.41) is 0.982. The summed E-state index contributed by atoms with van der Waals surface area (Å²) in [6, 6.07) is 14.9. The molecule has 3 aromatic rings. The molecule has 7 heteroatoms. The average Bonchev–Trinajstić information content (AvgIpc) is 3.27. The zero-order chi connectivity index (χ0) is 19.0. The third kappa shape index (κ3) is 3.89. The smallest absolute Gasteiger partial charge is 0.254 e. The summed E-state index contributed by atoms with van der Waals surface area (Å²) in [4.78, 5) is 19.7. The van der Waals surface area contributed by atoms with Crippen molar-refractivity contribution in [2.24, 2.45) is 0 Å². The van der Waals surface area contributed by atoms with E-state index in [4.69, 9.17) is 4.98 Å². The summed E-state index contributed by atoms with van der Waals surface area (Å²) in [7, 11) is -3.09. The van der Waals surface area contributed by atoms with E-state index in [1.54, 1.807) is 35.6 Å². The fourth-order valence-corrected chi connectivity index (χ4v) is 5.42. The second kappa shape index (κ2) is 7.05. The van der Waals surface area contributed by atoms with Gasteiger partial charge in [0.25, 0.3) is 5.91 Å². The number of nitrogens with zero attached hydrogens (tertiary/aromatic N) is 2. The molecule has 0 aliphatic carbocycles. The van der Waals surface area contributed by atoms with Crippen LogP contribution in [0.5, 0.6) is 0 Å². The fourth-order valence-electron chi connectivity index (χ4n) is 3.51. The molecule has 2 aromatic carbocycles. The first-order valence-corrected chi connectivity index (χ1v) is 11.7. The third-order valence-electron chi connectivity index (χ3n) is 4.74. The summed E-state index contributed by atoms with van der Waals surface area (Å²) < 4.78 is 24.0. The van der Waals surface area contributed by atoms with Gasteiger partial charge in [0.1, 0.15) is 5.01 Å². The SMILES string of the molecule is CS(=O)(=O)Cc1ccc(C(=O)N2CCCC2c2nc3ccccc3s2)cc1. The zero-order valence-electron chi connectivity index (χ0n) is 15.0. The topological polar surface area (TPSA) is 67.3 Å². The van der Waals surface area contributed by atoms with Gasteiger partial charge >= 0.3 is 0 Å². The van der Waals surface area contributed by atoms with Crippen LogP contribution in [-0.4, -0.2) is 37.0 Å². The molecular formula is C20H20N2O3S2. The number of sulfone groups is 1. The Morgan fingerprint density at radius 1 is 1.19 bits per heavy atom. The molecule has 0 N–H and O–H groups in total. The average molecular weight is 401 g/mol. The van der Waals surface area contributed by atoms with E-state index >= 15 is 0 Å². The number of hydrogen-bond acceptors (Lipinski definition) is 5. The Balaban J connectivity index is 1.57. The summed E-state index contributed by atoms with van der Waals surface area (Å²) in [6.07, 6.45) is 3.08. The predicted molar refractivity (Wildman–Crippen MR) is 108 cm³/mol. The van der Waals surface area contributed by atoms with Crippen molar-refractivity contribution in [1.82, 2.24) is 9.88 Å². The van der Waals surface area contributed by atoms with E-state index in [9.17, 15) is 13.2 Å². The highest BCUT2D eigenvalue weighted by Gasteiger charge is 2.32. The van der Waals surface area contributed by atoms with E-state index in [-0.39, 0.29) is 17.7 Å². The second-order valence-corrected chi connectivity index (χ2v) is 10.1. The Morgan fingerprint density at radius 3 is 2.63 bits per heavy atom. The Bertz CT molecular complexity index is 1050. The van der Waals surface area contributed by atoms with E-state index < -0.39 is 9.84 Å². The molecule has 1 amide bonds. The maximum absolute atomic E-state index is 13.0. The summed E-state index contributed by atoms with van der Waals surface area (Å²) >= 11 is 1.65. The third-order valence-corrected chi connectivity index (χ3v) is 6.73. The van der Waals surface area contributed by atoms with Gasteiger partial charge in [-0.2, -0.15) is 0 Å². The van der Waals surface area contributed by atoms with E-state index in [1.807, 2.05) is 23.1 Å². The highest BCUT2D eigenvalue weighted by molar-refractivity contribution is 7.89. The molecule has 0 bridgehead atoms. The molecule has 0 radical (unpaired) electrons. The predicted octanol–water partition coefficient (Wildman–Crippen LogP) is 3.82. The zero-order valence-corrected chi connectivity index (χ0v) is 16.6. The molecular weight excluding hydrogens is 380 g/mol. The van der Waals surface area contributed by atoms with Crippen LogP contribution in [0.4, 0.5) is 0 Å². The number of carbonyl (C=O) groups is 1. The van der Waals surface area contributed by atoms with Crippen molar-refractivity contribution in [2.45, 2.75) is 24.6 Å². The number of fused-ring (bicyclic) bond motifs is 1. The van der Waals surface area contributed by atoms with Crippen molar-refractivity contribution < 1.29 is 13.2 Å². The van der Waals surface area contributed by atoms with Gasteiger partial charge in [0.05, 0.1) is 22.0 Å². The largest absolute Gasteiger partial charge is 0.329 e. The quantitative estimate of drug-likeness (QED) is 0.668. The molecule has 1 aliphatic rings. The molecule has 27 heavy (non-hydrogen) atoms. The van der Waals surface area contributed by atoms with Gasteiger partial charge in [-0.15, -0.1) is 11.3 Å². The molecule has 140 valence electrons. The molecule has 1 unspecified atom stereocenters. The van der Waals surface area contributed by atoms with Gasteiger partial charge in [-0.05, 0) is 42.7 Å². The van der Waals surface area contributed by atoms with Gasteiger partial charge in [0.15, 0.2) is 9.84 Å². The van der Waals surface area contributed by atoms with Crippen molar-refractivity contribution in [3.05, 3.63) is 64.7 Å². The van der Waals surface area contributed by atoms with Crippen LogP contribution in [0.15, 0.2) is 48.5 Å². The highest BCUT2D eigenvalue weighted by atomic mass is 32.2. The van der Waals surface area contributed by atoms with E-state index in [0.717, 1.165) is 28.1 Å². The van der Waals surface area contributed by atoms with E-state index in [0.29, 0.717) is 17.7 Å². The van der Waals surface area contributed by atoms with Gasteiger partial charge in [0.2, 0.25) is 0 Å². The van der Waals surface area contributed by atoms with Gasteiger partial charge < -0.3 is 4.90 Å². The van der Waals surface area contributed by atoms with Crippen LogP contribution in [0.25, 0.3) is 10.2 Å². The Morgan fingerprint density at radius 2 is 1.93 bits per heavy atom. The molecule has 4 rings (SSSR count). The highest BCUT2D eigenvalue weighted by Crippen LogP contribution is 2.37. The minimum absolute atomic E-state index is 0.00518. The molecule has 1 saturated heterocycles. The van der Waals surface area contributed by atoms with Crippen LogP contribution in [0.1, 0.15) is 39.8 Å². The monoisotopic (exact) mass is 400 g/mol. The first kappa shape index (κ1) is 18.1. The first-order chi connectivity index (χ1) is 12.9. The van der Waals surface area contributed by atoms with Crippen LogP contribution in [0.2, 0.25) is 0 Å². The van der Waals surface area contributed by atoms with Gasteiger partial charge in [-0.1, -0.05) is 24.3 Å². The lowest BCUT2D eigenvalue weighted by molar-refractivity contribution is 0.0735. The van der Waals surface area contributed by atoms with E-state index in [1.165, 1.54) is 6.26 Å². The van der Waals surface area contributed by atoms with Crippen molar-refractivity contribution in [1.29, 1.82) is 0 Å². The van der Waals surface area contributed by atoms with Crippen LogP contribution in [-0.2, 0) is 15.6 Å². The summed E-state index contributed by atoms with van der Waals surface area (Å²) in [5.41, 5.74) is 2.25. The maximum atomic E-state index is 13.0. The lowest BCUT2D eigenvalue weighted by Crippen LogP contribution is -2.30. The molecule has 1 fully saturated rings. The Hall–Kier alpha value is -2.25. The number of benzene rings is 2. The number of amides is 1. The first-order valence-electron chi connectivity index (χ1n) is 8.84. The molecule has 1 aromatic heterocycles. The number of likely N-dealkylation sites (tertiary alicyclic amines) is 1. The Kier molecular flexibility index (Phi) is 4.74. The lowest BCUT2D eigenvalue weighted by Gasteiger charge is -2.23. The van der Waals surface area contributed by atoms with Crippen molar-refractivity contribution >= 4 is 37.3 Å². The maximum Gasteiger partial charge on any atom is 0.254 e. The minimum Gasteiger partial charge on any atom is -0.329 e. The number of thiazole rings is 1. The Labute approximate surface area is 162 Å². The summed E-state index contributed by atoms with van der Waals surface area (Å²) in [6.45, 7) is 0.713. The van der Waals surface area contributed by atoms with Gasteiger partial charge in [-0.25, -0.2) is 13.4 Å². The molecule has 2 heterocycles. The fraction of sp³-hybridized carbons (Fsp3) is 0.300. The van der Waals surface area contributed by atoms with E-state index in [2.05, 4.69) is 6.07 Å². The molecule has 1 aliphatic heterocycles. The van der Waals surface area contributed by atoms with Crippen molar-refractivity contribution in [3.63, 3.8) is 0 Å². The standard InChI is InChI=1S/C20H20N2O3S2/c1-27(24,25)13-14-8-10-15(11-9-14)20(23)22-12-4-6-17(22)19-21-16-5-2-3-7-18(16)26-19/h2-3,5,7-11,17H,4,6,12-13H2,1H3. The number of hydrogen-bond donors (Lipinski definition) is 0. The molecule has 1 atom stereocenters. The van der Waals surface area contributed by atoms with Crippen LogP contribution >= 0.6 is 11.3 Å². The molecule has 5 nitrogen and oxygen atoms in total. The minimum atomic E-state index is -3.09. The molecule has 0 saturated carbocycles. The van der Waals surface area contributed by atoms with Gasteiger partial charge in [-0.3, -0.25) is 4.79 Å². The van der Waals surface area contributed by atoms with Crippen LogP contribution in [0.3, 0.4) is 0 Å². The second-order valence-electron chi connectivity index (χ2n) is 6.94. The summed E-state index contributed by atoms with van der Waals surface area (Å²) in [5.74, 6) is -0.0397.